The van der Waals surface area contributed by atoms with Gasteiger partial charge in [-0.05, 0) is 36.4 Å². The van der Waals surface area contributed by atoms with E-state index in [1.165, 1.54) is 6.92 Å². The van der Waals surface area contributed by atoms with Crippen LogP contribution in [0.3, 0.4) is 0 Å². The van der Waals surface area contributed by atoms with Crippen LogP contribution in [0.1, 0.15) is 6.92 Å². The standard InChI is InChI=1S/C17H15BrN6O/c1-11(25)20-14-6-3-7-15(9-14)22-17-23-16(10-19-24-17)21-13-5-2-4-12(18)8-13/h2-10H,1H3,(H,20,25)(H2,21,22,23,24). The average molecular weight is 399 g/mol. The van der Waals surface area contributed by atoms with Gasteiger partial charge in [-0.15, -0.1) is 5.10 Å². The normalized spacial score (nSPS) is 10.2. The lowest BCUT2D eigenvalue weighted by Gasteiger charge is -2.09. The van der Waals surface area contributed by atoms with Crippen molar-refractivity contribution < 1.29 is 4.79 Å². The molecule has 0 aliphatic heterocycles. The molecule has 25 heavy (non-hydrogen) atoms. The van der Waals surface area contributed by atoms with Gasteiger partial charge < -0.3 is 16.0 Å². The molecule has 1 heterocycles. The van der Waals surface area contributed by atoms with Crippen LogP contribution >= 0.6 is 15.9 Å². The first-order valence-electron chi connectivity index (χ1n) is 7.45. The van der Waals surface area contributed by atoms with Gasteiger partial charge in [-0.25, -0.2) is 0 Å². The fraction of sp³-hybridized carbons (Fsp3) is 0.0588. The molecular weight excluding hydrogens is 384 g/mol. The molecular formula is C17H15BrN6O. The smallest absolute Gasteiger partial charge is 0.249 e. The highest BCUT2D eigenvalue weighted by atomic mass is 79.9. The molecule has 126 valence electrons. The van der Waals surface area contributed by atoms with Crippen molar-refractivity contribution in [2.24, 2.45) is 0 Å². The van der Waals surface area contributed by atoms with Crippen LogP contribution in [-0.4, -0.2) is 21.1 Å². The highest BCUT2D eigenvalue weighted by Gasteiger charge is 2.04. The molecule has 2 aromatic carbocycles. The summed E-state index contributed by atoms with van der Waals surface area (Å²) in [5.74, 6) is 0.781. The number of benzene rings is 2. The molecule has 0 saturated carbocycles. The highest BCUT2D eigenvalue weighted by Crippen LogP contribution is 2.21. The van der Waals surface area contributed by atoms with Crippen LogP contribution < -0.4 is 16.0 Å². The second-order valence-corrected chi connectivity index (χ2v) is 6.10. The monoisotopic (exact) mass is 398 g/mol. The molecule has 1 aromatic heterocycles. The van der Waals surface area contributed by atoms with E-state index >= 15 is 0 Å². The van der Waals surface area contributed by atoms with Crippen LogP contribution in [-0.2, 0) is 4.79 Å². The predicted octanol–water partition coefficient (Wildman–Crippen LogP) is 4.08. The molecule has 1 amide bonds. The van der Waals surface area contributed by atoms with Crippen LogP contribution in [0.4, 0.5) is 28.8 Å². The number of amides is 1. The van der Waals surface area contributed by atoms with Gasteiger partial charge in [0.2, 0.25) is 11.9 Å². The van der Waals surface area contributed by atoms with E-state index in [9.17, 15) is 4.79 Å². The van der Waals surface area contributed by atoms with Crippen LogP contribution in [0.2, 0.25) is 0 Å². The second kappa shape index (κ2) is 7.71. The Morgan fingerprint density at radius 2 is 1.72 bits per heavy atom. The van der Waals surface area contributed by atoms with Gasteiger partial charge in [-0.3, -0.25) is 4.79 Å². The van der Waals surface area contributed by atoms with Crippen molar-refractivity contribution in [2.45, 2.75) is 6.92 Å². The van der Waals surface area contributed by atoms with E-state index in [1.54, 1.807) is 18.3 Å². The molecule has 7 nitrogen and oxygen atoms in total. The lowest BCUT2D eigenvalue weighted by molar-refractivity contribution is -0.114. The first-order valence-corrected chi connectivity index (χ1v) is 8.25. The number of nitrogens with zero attached hydrogens (tertiary/aromatic N) is 3. The summed E-state index contributed by atoms with van der Waals surface area (Å²) < 4.78 is 0.965. The van der Waals surface area contributed by atoms with Gasteiger partial charge in [-0.2, -0.15) is 10.1 Å². The van der Waals surface area contributed by atoms with Crippen molar-refractivity contribution >= 4 is 50.7 Å². The summed E-state index contributed by atoms with van der Waals surface area (Å²) in [7, 11) is 0. The maximum atomic E-state index is 11.1. The third-order valence-corrected chi connectivity index (χ3v) is 3.59. The second-order valence-electron chi connectivity index (χ2n) is 5.19. The van der Waals surface area contributed by atoms with Crippen molar-refractivity contribution in [1.29, 1.82) is 0 Å². The molecule has 8 heteroatoms. The summed E-state index contributed by atoms with van der Waals surface area (Å²) in [6, 6.07) is 15.0. The third-order valence-electron chi connectivity index (χ3n) is 3.09. The number of nitrogens with one attached hydrogen (secondary N) is 3. The Bertz CT molecular complexity index is 902. The van der Waals surface area contributed by atoms with E-state index in [-0.39, 0.29) is 5.91 Å². The quantitative estimate of drug-likeness (QED) is 0.599. The van der Waals surface area contributed by atoms with E-state index in [0.717, 1.165) is 15.8 Å². The molecule has 0 radical (unpaired) electrons. The number of aromatic nitrogens is 3. The number of carbonyl (C=O) groups is 1. The summed E-state index contributed by atoms with van der Waals surface area (Å²) in [4.78, 5) is 15.5. The van der Waals surface area contributed by atoms with Crippen molar-refractivity contribution in [3.63, 3.8) is 0 Å². The number of halogens is 1. The van der Waals surface area contributed by atoms with Crippen LogP contribution in [0.15, 0.2) is 59.2 Å². The van der Waals surface area contributed by atoms with Gasteiger partial charge >= 0.3 is 0 Å². The lowest BCUT2D eigenvalue weighted by atomic mass is 10.3. The minimum absolute atomic E-state index is 0.129. The number of rotatable bonds is 5. The van der Waals surface area contributed by atoms with Gasteiger partial charge in [0, 0.05) is 28.5 Å². The summed E-state index contributed by atoms with van der Waals surface area (Å²) in [5, 5.41) is 16.9. The minimum atomic E-state index is -0.129. The van der Waals surface area contributed by atoms with E-state index in [1.807, 2.05) is 36.4 Å². The summed E-state index contributed by atoms with van der Waals surface area (Å²) in [5.41, 5.74) is 2.31. The zero-order valence-electron chi connectivity index (χ0n) is 13.3. The largest absolute Gasteiger partial charge is 0.339 e. The Labute approximate surface area is 153 Å². The van der Waals surface area contributed by atoms with Crippen LogP contribution in [0.25, 0.3) is 0 Å². The molecule has 0 aliphatic carbocycles. The summed E-state index contributed by atoms with van der Waals surface area (Å²) in [6.07, 6.45) is 1.54. The average Bonchev–Trinajstić information content (AvgIpc) is 2.55. The number of hydrogen-bond acceptors (Lipinski definition) is 6. The van der Waals surface area contributed by atoms with E-state index in [2.05, 4.69) is 47.1 Å². The molecule has 0 spiro atoms. The molecule has 3 N–H and O–H groups in total. The fourth-order valence-electron chi connectivity index (χ4n) is 2.14. The van der Waals surface area contributed by atoms with Crippen LogP contribution in [0.5, 0.6) is 0 Å². The van der Waals surface area contributed by atoms with Crippen molar-refractivity contribution in [2.75, 3.05) is 16.0 Å². The Hall–Kier alpha value is -3.00. The fourth-order valence-corrected chi connectivity index (χ4v) is 2.54. The Morgan fingerprint density at radius 1 is 1.00 bits per heavy atom. The zero-order chi connectivity index (χ0) is 17.6. The predicted molar refractivity (Wildman–Crippen MR) is 101 cm³/mol. The molecule has 0 fully saturated rings. The van der Waals surface area contributed by atoms with Gasteiger partial charge in [0.15, 0.2) is 5.82 Å². The maximum Gasteiger partial charge on any atom is 0.249 e. The molecule has 0 aliphatic rings. The summed E-state index contributed by atoms with van der Waals surface area (Å²) in [6.45, 7) is 1.46. The topological polar surface area (TPSA) is 91.8 Å². The maximum absolute atomic E-state index is 11.1. The third kappa shape index (κ3) is 4.98. The number of hydrogen-bond donors (Lipinski definition) is 3. The minimum Gasteiger partial charge on any atom is -0.339 e. The Balaban J connectivity index is 1.74. The van der Waals surface area contributed by atoms with Crippen LogP contribution in [0, 0.1) is 0 Å². The van der Waals surface area contributed by atoms with E-state index < -0.39 is 0 Å². The van der Waals surface area contributed by atoms with Gasteiger partial charge in [-0.1, -0.05) is 28.1 Å². The highest BCUT2D eigenvalue weighted by molar-refractivity contribution is 9.10. The van der Waals surface area contributed by atoms with Crippen molar-refractivity contribution in [3.05, 3.63) is 59.2 Å². The van der Waals surface area contributed by atoms with Crippen molar-refractivity contribution in [1.82, 2.24) is 15.2 Å². The Morgan fingerprint density at radius 3 is 2.48 bits per heavy atom. The molecule has 0 unspecified atom stereocenters. The molecule has 0 bridgehead atoms. The zero-order valence-corrected chi connectivity index (χ0v) is 14.9. The first-order chi connectivity index (χ1) is 12.1. The molecule has 3 aromatic rings. The molecule has 0 atom stereocenters. The number of anilines is 5. The summed E-state index contributed by atoms with van der Waals surface area (Å²) >= 11 is 3.43. The van der Waals surface area contributed by atoms with Crippen molar-refractivity contribution in [3.8, 4) is 0 Å². The van der Waals surface area contributed by atoms with Gasteiger partial charge in [0.1, 0.15) is 0 Å². The molecule has 0 saturated heterocycles. The number of carbonyl (C=O) groups excluding carboxylic acids is 1. The molecule has 3 rings (SSSR count). The van der Waals surface area contributed by atoms with E-state index in [0.29, 0.717) is 17.5 Å². The van der Waals surface area contributed by atoms with Gasteiger partial charge in [0.05, 0.1) is 6.20 Å². The SMILES string of the molecule is CC(=O)Nc1cccc(Nc2nncc(Nc3cccc(Br)c3)n2)c1. The first kappa shape index (κ1) is 16.8. The van der Waals surface area contributed by atoms with E-state index in [4.69, 9.17) is 0 Å². The lowest BCUT2D eigenvalue weighted by Crippen LogP contribution is -2.06. The van der Waals surface area contributed by atoms with Gasteiger partial charge in [0.25, 0.3) is 0 Å². The Kier molecular flexibility index (Phi) is 5.20.